The van der Waals surface area contributed by atoms with Crippen molar-refractivity contribution in [3.05, 3.63) is 94.7 Å². The molecule has 2 N–H and O–H groups in total. The van der Waals surface area contributed by atoms with Gasteiger partial charge in [0.2, 0.25) is 5.91 Å². The highest BCUT2D eigenvalue weighted by atomic mass is 19.1. The van der Waals surface area contributed by atoms with Crippen LogP contribution in [0.2, 0.25) is 0 Å². The third-order valence-corrected chi connectivity index (χ3v) is 5.11. The van der Waals surface area contributed by atoms with Crippen molar-refractivity contribution in [2.24, 2.45) is 5.92 Å². The molecule has 0 saturated carbocycles. The molecule has 1 unspecified atom stereocenters. The number of aromatic nitrogens is 2. The number of carbonyl (C=O) groups is 2. The summed E-state index contributed by atoms with van der Waals surface area (Å²) in [6, 6.07) is 14.6. The number of hydrogen-bond donors (Lipinski definition) is 2. The van der Waals surface area contributed by atoms with E-state index >= 15 is 0 Å². The van der Waals surface area contributed by atoms with Gasteiger partial charge in [-0.25, -0.2) is 4.39 Å². The predicted molar refractivity (Wildman–Crippen MR) is 119 cm³/mol. The minimum atomic E-state index is -0.554. The van der Waals surface area contributed by atoms with E-state index in [1.807, 2.05) is 0 Å². The largest absolute Gasteiger partial charge is 0.324 e. The number of benzene rings is 2. The van der Waals surface area contributed by atoms with Crippen molar-refractivity contribution in [3.8, 4) is 5.69 Å². The molecule has 7 nitrogen and oxygen atoms in total. The minimum Gasteiger partial charge on any atom is -0.324 e. The fourth-order valence-electron chi connectivity index (χ4n) is 3.49. The summed E-state index contributed by atoms with van der Waals surface area (Å²) in [6.45, 7) is 0. The zero-order valence-corrected chi connectivity index (χ0v) is 17.1. The average molecular weight is 432 g/mol. The van der Waals surface area contributed by atoms with Gasteiger partial charge < -0.3 is 10.6 Å². The maximum atomic E-state index is 13.2. The van der Waals surface area contributed by atoms with Crippen LogP contribution in [0.1, 0.15) is 29.8 Å². The third kappa shape index (κ3) is 4.97. The van der Waals surface area contributed by atoms with Crippen LogP contribution in [0, 0.1) is 11.7 Å². The second-order valence-corrected chi connectivity index (χ2v) is 7.46. The Balaban J connectivity index is 1.51. The number of halogens is 1. The van der Waals surface area contributed by atoms with E-state index in [1.54, 1.807) is 24.3 Å². The molecule has 1 aromatic heterocycles. The van der Waals surface area contributed by atoms with Gasteiger partial charge in [-0.15, -0.1) is 0 Å². The summed E-state index contributed by atoms with van der Waals surface area (Å²) in [6.07, 6.45) is 6.45. The third-order valence-electron chi connectivity index (χ3n) is 5.11. The Morgan fingerprint density at radius 3 is 2.41 bits per heavy atom. The standard InChI is InChI=1S/C24H21FN4O3/c25-17-9-11-18(12-10-17)29-23(31)14-13-21(28-29)24(32)27-20-8-4-3-7-19(20)26-22(30)15-16-5-1-2-6-16/h1,3-5,7-14,16H,2,6,15H2,(H,26,30)(H,27,32). The molecule has 0 aliphatic heterocycles. The van der Waals surface area contributed by atoms with Crippen molar-refractivity contribution in [2.45, 2.75) is 19.3 Å². The van der Waals surface area contributed by atoms with Gasteiger partial charge in [0.1, 0.15) is 11.5 Å². The van der Waals surface area contributed by atoms with Crippen molar-refractivity contribution < 1.29 is 14.0 Å². The first kappa shape index (κ1) is 21.2. The molecule has 0 radical (unpaired) electrons. The molecule has 1 heterocycles. The van der Waals surface area contributed by atoms with Crippen LogP contribution in [0.3, 0.4) is 0 Å². The Hall–Kier alpha value is -4.07. The molecule has 0 fully saturated rings. The topological polar surface area (TPSA) is 93.1 Å². The van der Waals surface area contributed by atoms with Gasteiger partial charge in [-0.1, -0.05) is 24.3 Å². The maximum Gasteiger partial charge on any atom is 0.276 e. The van der Waals surface area contributed by atoms with E-state index in [0.717, 1.165) is 17.5 Å². The monoisotopic (exact) mass is 432 g/mol. The average Bonchev–Trinajstić information content (AvgIpc) is 3.29. The van der Waals surface area contributed by atoms with E-state index in [4.69, 9.17) is 0 Å². The Labute approximate surface area is 183 Å². The van der Waals surface area contributed by atoms with Crippen LogP contribution in [0.5, 0.6) is 0 Å². The van der Waals surface area contributed by atoms with Crippen LogP contribution in [0.25, 0.3) is 5.69 Å². The fraction of sp³-hybridized carbons (Fsp3) is 0.167. The molecule has 0 spiro atoms. The number of nitrogens with zero attached hydrogens (tertiary/aromatic N) is 2. The van der Waals surface area contributed by atoms with Crippen molar-refractivity contribution >= 4 is 23.2 Å². The predicted octanol–water partition coefficient (Wildman–Crippen LogP) is 3.92. The molecule has 2 amide bonds. The SMILES string of the molecule is O=C(CC1C=CCC1)Nc1ccccc1NC(=O)c1ccc(=O)n(-c2ccc(F)cc2)n1. The van der Waals surface area contributed by atoms with Gasteiger partial charge in [0.15, 0.2) is 0 Å². The summed E-state index contributed by atoms with van der Waals surface area (Å²) in [5, 5.41) is 9.68. The zero-order chi connectivity index (χ0) is 22.5. The van der Waals surface area contributed by atoms with Gasteiger partial charge >= 0.3 is 0 Å². The maximum absolute atomic E-state index is 13.2. The van der Waals surface area contributed by atoms with Crippen LogP contribution in [-0.4, -0.2) is 21.6 Å². The minimum absolute atomic E-state index is 0.00820. The van der Waals surface area contributed by atoms with Crippen LogP contribution in [0.4, 0.5) is 15.8 Å². The molecular formula is C24H21FN4O3. The van der Waals surface area contributed by atoms with Crippen molar-refractivity contribution in [1.29, 1.82) is 0 Å². The number of rotatable bonds is 6. The second kappa shape index (κ2) is 9.38. The summed E-state index contributed by atoms with van der Waals surface area (Å²) >= 11 is 0. The molecule has 3 aromatic rings. The number of allylic oxidation sites excluding steroid dienone is 2. The molecule has 1 aliphatic rings. The highest BCUT2D eigenvalue weighted by Crippen LogP contribution is 2.24. The Morgan fingerprint density at radius 1 is 1.00 bits per heavy atom. The molecule has 0 saturated heterocycles. The van der Waals surface area contributed by atoms with Crippen molar-refractivity contribution in [1.82, 2.24) is 9.78 Å². The first-order valence-electron chi connectivity index (χ1n) is 10.2. The van der Waals surface area contributed by atoms with Crippen LogP contribution in [0.15, 0.2) is 77.6 Å². The van der Waals surface area contributed by atoms with Gasteiger partial charge in [0.25, 0.3) is 11.5 Å². The van der Waals surface area contributed by atoms with Crippen LogP contribution >= 0.6 is 0 Å². The van der Waals surface area contributed by atoms with Gasteiger partial charge in [-0.05, 0) is 61.2 Å². The van der Waals surface area contributed by atoms with E-state index in [9.17, 15) is 18.8 Å². The number of carbonyl (C=O) groups excluding carboxylic acids is 2. The van der Waals surface area contributed by atoms with E-state index in [2.05, 4.69) is 27.9 Å². The highest BCUT2D eigenvalue weighted by Gasteiger charge is 2.17. The first-order chi connectivity index (χ1) is 15.5. The summed E-state index contributed by atoms with van der Waals surface area (Å²) in [5.74, 6) is -0.903. The molecular weight excluding hydrogens is 411 g/mol. The lowest BCUT2D eigenvalue weighted by atomic mass is 10.0. The lowest BCUT2D eigenvalue weighted by Crippen LogP contribution is -2.25. The zero-order valence-electron chi connectivity index (χ0n) is 17.1. The lowest BCUT2D eigenvalue weighted by Gasteiger charge is -2.14. The molecule has 8 heteroatoms. The Morgan fingerprint density at radius 2 is 1.72 bits per heavy atom. The van der Waals surface area contributed by atoms with E-state index in [1.165, 1.54) is 36.4 Å². The number of nitrogens with one attached hydrogen (secondary N) is 2. The Bertz CT molecular complexity index is 1230. The number of hydrogen-bond acceptors (Lipinski definition) is 4. The van der Waals surface area contributed by atoms with Crippen molar-refractivity contribution in [3.63, 3.8) is 0 Å². The lowest BCUT2D eigenvalue weighted by molar-refractivity contribution is -0.116. The van der Waals surface area contributed by atoms with Crippen LogP contribution in [-0.2, 0) is 4.79 Å². The van der Waals surface area contributed by atoms with Gasteiger partial charge in [-0.3, -0.25) is 14.4 Å². The normalized spacial score (nSPS) is 14.8. The van der Waals surface area contributed by atoms with Crippen molar-refractivity contribution in [2.75, 3.05) is 10.6 Å². The molecule has 162 valence electrons. The van der Waals surface area contributed by atoms with Gasteiger partial charge in [-0.2, -0.15) is 9.78 Å². The van der Waals surface area contributed by atoms with Gasteiger partial charge in [0.05, 0.1) is 17.1 Å². The summed E-state index contributed by atoms with van der Waals surface area (Å²) < 4.78 is 14.2. The molecule has 2 aromatic carbocycles. The summed E-state index contributed by atoms with van der Waals surface area (Å²) in [5.41, 5.74) is 0.751. The molecule has 1 atom stereocenters. The molecule has 4 rings (SSSR count). The Kier molecular flexibility index (Phi) is 6.21. The summed E-state index contributed by atoms with van der Waals surface area (Å²) in [4.78, 5) is 37.4. The smallest absolute Gasteiger partial charge is 0.276 e. The highest BCUT2D eigenvalue weighted by molar-refractivity contribution is 6.06. The quantitative estimate of drug-likeness (QED) is 0.578. The summed E-state index contributed by atoms with van der Waals surface area (Å²) in [7, 11) is 0. The van der Waals surface area contributed by atoms with E-state index in [0.29, 0.717) is 23.5 Å². The number of para-hydroxylation sites is 2. The molecule has 32 heavy (non-hydrogen) atoms. The fourth-order valence-corrected chi connectivity index (χ4v) is 3.49. The first-order valence-corrected chi connectivity index (χ1v) is 10.2. The van der Waals surface area contributed by atoms with E-state index < -0.39 is 17.3 Å². The molecule has 0 bridgehead atoms. The van der Waals surface area contributed by atoms with Crippen LogP contribution < -0.4 is 16.2 Å². The molecule has 1 aliphatic carbocycles. The number of anilines is 2. The van der Waals surface area contributed by atoms with E-state index in [-0.39, 0.29) is 17.5 Å². The van der Waals surface area contributed by atoms with Gasteiger partial charge in [0, 0.05) is 12.5 Å². The number of amides is 2. The second-order valence-electron chi connectivity index (χ2n) is 7.46.